The second kappa shape index (κ2) is 4.36. The van der Waals surface area contributed by atoms with E-state index in [1.165, 1.54) is 25.3 Å². The van der Waals surface area contributed by atoms with Gasteiger partial charge in [0.2, 0.25) is 0 Å². The Labute approximate surface area is 105 Å². The molecule has 16 heavy (non-hydrogen) atoms. The Kier molecular flexibility index (Phi) is 3.24. The normalized spacial score (nSPS) is 23.4. The zero-order chi connectivity index (χ0) is 11.8. The van der Waals surface area contributed by atoms with Gasteiger partial charge in [0.1, 0.15) is 5.82 Å². The van der Waals surface area contributed by atoms with Crippen LogP contribution in [0.15, 0.2) is 22.7 Å². The van der Waals surface area contributed by atoms with Gasteiger partial charge in [-0.3, -0.25) is 0 Å². The lowest BCUT2D eigenvalue weighted by molar-refractivity contribution is 0.350. The van der Waals surface area contributed by atoms with E-state index < -0.39 is 0 Å². The zero-order valence-electron chi connectivity index (χ0n) is 9.69. The van der Waals surface area contributed by atoms with Crippen LogP contribution in [0, 0.1) is 11.2 Å². The van der Waals surface area contributed by atoms with Crippen LogP contribution in [0.5, 0.6) is 0 Å². The van der Waals surface area contributed by atoms with Gasteiger partial charge in [-0.15, -0.1) is 0 Å². The number of anilines is 1. The maximum atomic E-state index is 13.1. The number of rotatable bonds is 2. The molecule has 1 fully saturated rings. The molecule has 0 bridgehead atoms. The molecule has 1 unspecified atom stereocenters. The molecule has 1 aromatic carbocycles. The van der Waals surface area contributed by atoms with E-state index >= 15 is 0 Å². The van der Waals surface area contributed by atoms with Crippen molar-refractivity contribution in [3.05, 3.63) is 28.5 Å². The summed E-state index contributed by atoms with van der Waals surface area (Å²) in [6.45, 7) is 4.58. The fraction of sp³-hybridized carbons (Fsp3) is 0.538. The van der Waals surface area contributed by atoms with Gasteiger partial charge in [-0.05, 0) is 52.4 Å². The first kappa shape index (κ1) is 11.9. The summed E-state index contributed by atoms with van der Waals surface area (Å²) >= 11 is 3.21. The quantitative estimate of drug-likeness (QED) is 0.839. The molecule has 0 saturated heterocycles. The Bertz CT molecular complexity index is 390. The van der Waals surface area contributed by atoms with Gasteiger partial charge >= 0.3 is 0 Å². The van der Waals surface area contributed by atoms with Crippen molar-refractivity contribution in [2.24, 2.45) is 5.41 Å². The molecule has 0 radical (unpaired) electrons. The number of hydrogen-bond donors (Lipinski definition) is 1. The summed E-state index contributed by atoms with van der Waals surface area (Å²) in [7, 11) is 0. The van der Waals surface area contributed by atoms with Gasteiger partial charge in [-0.1, -0.05) is 20.3 Å². The summed E-state index contributed by atoms with van der Waals surface area (Å²) < 4.78 is 13.6. The lowest BCUT2D eigenvalue weighted by Gasteiger charge is -2.28. The lowest BCUT2D eigenvalue weighted by atomic mass is 9.87. The Morgan fingerprint density at radius 1 is 1.44 bits per heavy atom. The topological polar surface area (TPSA) is 12.0 Å². The van der Waals surface area contributed by atoms with Crippen molar-refractivity contribution < 1.29 is 4.39 Å². The van der Waals surface area contributed by atoms with Gasteiger partial charge in [-0.25, -0.2) is 4.39 Å². The molecule has 1 N–H and O–H groups in total. The average molecular weight is 286 g/mol. The monoisotopic (exact) mass is 285 g/mol. The third-order valence-electron chi connectivity index (χ3n) is 3.52. The van der Waals surface area contributed by atoms with E-state index in [4.69, 9.17) is 0 Å². The highest BCUT2D eigenvalue weighted by molar-refractivity contribution is 9.10. The molecule has 2 rings (SSSR count). The van der Waals surface area contributed by atoms with Crippen LogP contribution in [0.2, 0.25) is 0 Å². The maximum Gasteiger partial charge on any atom is 0.137 e. The van der Waals surface area contributed by atoms with Crippen LogP contribution in [0.25, 0.3) is 0 Å². The van der Waals surface area contributed by atoms with Crippen molar-refractivity contribution in [3.63, 3.8) is 0 Å². The molecule has 1 saturated carbocycles. The summed E-state index contributed by atoms with van der Waals surface area (Å²) in [6, 6.07) is 5.59. The Morgan fingerprint density at radius 3 is 2.75 bits per heavy atom. The number of halogens is 2. The first-order chi connectivity index (χ1) is 7.49. The van der Waals surface area contributed by atoms with Crippen LogP contribution < -0.4 is 5.32 Å². The van der Waals surface area contributed by atoms with Crippen molar-refractivity contribution in [1.29, 1.82) is 0 Å². The first-order valence-electron chi connectivity index (χ1n) is 5.71. The van der Waals surface area contributed by atoms with E-state index in [-0.39, 0.29) is 5.82 Å². The lowest BCUT2D eigenvalue weighted by Crippen LogP contribution is -2.30. The van der Waals surface area contributed by atoms with E-state index in [0.29, 0.717) is 15.9 Å². The molecule has 0 amide bonds. The molecule has 1 aromatic rings. The molecule has 0 aliphatic heterocycles. The third kappa shape index (κ3) is 2.40. The minimum atomic E-state index is -0.212. The molecular formula is C13H17BrFN. The molecule has 0 aromatic heterocycles. The fourth-order valence-electron chi connectivity index (χ4n) is 2.38. The highest BCUT2D eigenvalue weighted by atomic mass is 79.9. The summed E-state index contributed by atoms with van der Waals surface area (Å²) in [5, 5.41) is 3.50. The Morgan fingerprint density at radius 2 is 2.19 bits per heavy atom. The fourth-order valence-corrected chi connectivity index (χ4v) is 2.76. The van der Waals surface area contributed by atoms with E-state index in [0.717, 1.165) is 5.69 Å². The number of nitrogens with one attached hydrogen (secondary N) is 1. The summed E-state index contributed by atoms with van der Waals surface area (Å²) in [4.78, 5) is 0. The van der Waals surface area contributed by atoms with Crippen LogP contribution in [0.3, 0.4) is 0 Å². The molecule has 1 nitrogen and oxygen atoms in total. The Balaban J connectivity index is 2.12. The van der Waals surface area contributed by atoms with Gasteiger partial charge < -0.3 is 5.32 Å². The summed E-state index contributed by atoms with van der Waals surface area (Å²) in [6.07, 6.45) is 3.72. The minimum Gasteiger partial charge on any atom is -0.382 e. The van der Waals surface area contributed by atoms with Gasteiger partial charge in [0.15, 0.2) is 0 Å². The summed E-state index contributed by atoms with van der Waals surface area (Å²) in [5.41, 5.74) is 1.33. The van der Waals surface area contributed by atoms with Gasteiger partial charge in [0, 0.05) is 11.7 Å². The van der Waals surface area contributed by atoms with Crippen molar-refractivity contribution in [2.45, 2.75) is 39.2 Å². The molecular weight excluding hydrogens is 269 g/mol. The van der Waals surface area contributed by atoms with Crippen LogP contribution in [-0.2, 0) is 0 Å². The SMILES string of the molecule is CC1(C)CCCC1Nc1ccc(F)c(Br)c1. The summed E-state index contributed by atoms with van der Waals surface area (Å²) in [5.74, 6) is -0.212. The number of hydrogen-bond acceptors (Lipinski definition) is 1. The van der Waals surface area contributed by atoms with Crippen molar-refractivity contribution >= 4 is 21.6 Å². The van der Waals surface area contributed by atoms with E-state index in [1.54, 1.807) is 6.07 Å². The standard InChI is InChI=1S/C13H17BrFN/c1-13(2)7-3-4-12(13)16-9-5-6-11(15)10(14)8-9/h5-6,8,12,16H,3-4,7H2,1-2H3. The largest absolute Gasteiger partial charge is 0.382 e. The minimum absolute atomic E-state index is 0.212. The molecule has 88 valence electrons. The molecule has 3 heteroatoms. The molecule has 1 aliphatic carbocycles. The second-order valence-corrected chi connectivity index (χ2v) is 6.06. The highest BCUT2D eigenvalue weighted by Gasteiger charge is 2.34. The predicted molar refractivity (Wildman–Crippen MR) is 69.1 cm³/mol. The molecule has 0 spiro atoms. The maximum absolute atomic E-state index is 13.1. The van der Waals surface area contributed by atoms with Crippen molar-refractivity contribution in [1.82, 2.24) is 0 Å². The number of benzene rings is 1. The van der Waals surface area contributed by atoms with Crippen LogP contribution >= 0.6 is 15.9 Å². The van der Waals surface area contributed by atoms with Gasteiger partial charge in [0.25, 0.3) is 0 Å². The molecule has 1 atom stereocenters. The predicted octanol–water partition coefficient (Wildman–Crippen LogP) is 4.58. The van der Waals surface area contributed by atoms with Gasteiger partial charge in [0.05, 0.1) is 4.47 Å². The van der Waals surface area contributed by atoms with Gasteiger partial charge in [-0.2, -0.15) is 0 Å². The zero-order valence-corrected chi connectivity index (χ0v) is 11.3. The van der Waals surface area contributed by atoms with Crippen LogP contribution in [0.1, 0.15) is 33.1 Å². The smallest absolute Gasteiger partial charge is 0.137 e. The van der Waals surface area contributed by atoms with E-state index in [1.807, 2.05) is 6.07 Å². The average Bonchev–Trinajstić information content (AvgIpc) is 2.52. The van der Waals surface area contributed by atoms with E-state index in [2.05, 4.69) is 35.1 Å². The van der Waals surface area contributed by atoms with Crippen molar-refractivity contribution in [2.75, 3.05) is 5.32 Å². The molecule has 0 heterocycles. The molecule has 1 aliphatic rings. The van der Waals surface area contributed by atoms with E-state index in [9.17, 15) is 4.39 Å². The first-order valence-corrected chi connectivity index (χ1v) is 6.50. The van der Waals surface area contributed by atoms with Crippen LogP contribution in [0.4, 0.5) is 10.1 Å². The second-order valence-electron chi connectivity index (χ2n) is 5.21. The van der Waals surface area contributed by atoms with Crippen molar-refractivity contribution in [3.8, 4) is 0 Å². The van der Waals surface area contributed by atoms with Crippen LogP contribution in [-0.4, -0.2) is 6.04 Å². The third-order valence-corrected chi connectivity index (χ3v) is 4.13. The highest BCUT2D eigenvalue weighted by Crippen LogP contribution is 2.39. The Hall–Kier alpha value is -0.570.